The van der Waals surface area contributed by atoms with E-state index in [1.165, 1.54) is 5.56 Å². The highest BCUT2D eigenvalue weighted by Crippen LogP contribution is 2.32. The quantitative estimate of drug-likeness (QED) is 0.715. The molecule has 0 radical (unpaired) electrons. The summed E-state index contributed by atoms with van der Waals surface area (Å²) in [6.45, 7) is 2.20. The van der Waals surface area contributed by atoms with Crippen LogP contribution >= 0.6 is 0 Å². The van der Waals surface area contributed by atoms with Gasteiger partial charge in [-0.15, -0.1) is 0 Å². The van der Waals surface area contributed by atoms with Crippen LogP contribution in [-0.4, -0.2) is 0 Å². The standard InChI is InChI=1S/C13H15N/c1-10-6-5-9-12(14)13(10)11-7-3-2-4-8-11/h2-10,13H,14H2,1H3. The molecule has 1 aromatic rings. The first-order chi connectivity index (χ1) is 6.79. The van der Waals surface area contributed by atoms with E-state index in [-0.39, 0.29) is 0 Å². The predicted molar refractivity (Wildman–Crippen MR) is 59.8 cm³/mol. The molecule has 2 atom stereocenters. The molecule has 0 aromatic heterocycles. The van der Waals surface area contributed by atoms with Crippen LogP contribution in [0.15, 0.2) is 54.3 Å². The molecule has 1 aliphatic carbocycles. The lowest BCUT2D eigenvalue weighted by atomic mass is 9.82. The van der Waals surface area contributed by atoms with Crippen LogP contribution in [-0.2, 0) is 0 Å². The molecule has 2 rings (SSSR count). The van der Waals surface area contributed by atoms with Crippen molar-refractivity contribution in [3.63, 3.8) is 0 Å². The summed E-state index contributed by atoms with van der Waals surface area (Å²) in [6.07, 6.45) is 6.24. The van der Waals surface area contributed by atoms with Gasteiger partial charge in [0.1, 0.15) is 0 Å². The van der Waals surface area contributed by atoms with Crippen molar-refractivity contribution in [3.05, 3.63) is 59.8 Å². The zero-order valence-corrected chi connectivity index (χ0v) is 8.35. The summed E-state index contributed by atoms with van der Waals surface area (Å²) in [7, 11) is 0. The third-order valence-corrected chi connectivity index (χ3v) is 2.75. The van der Waals surface area contributed by atoms with E-state index in [4.69, 9.17) is 5.73 Å². The zero-order valence-electron chi connectivity index (χ0n) is 8.35. The van der Waals surface area contributed by atoms with Gasteiger partial charge in [-0.05, 0) is 17.6 Å². The predicted octanol–water partition coefficient (Wildman–Crippen LogP) is 2.82. The average molecular weight is 185 g/mol. The Labute approximate surface area is 84.9 Å². The fraction of sp³-hybridized carbons (Fsp3) is 0.231. The second-order valence-corrected chi connectivity index (χ2v) is 3.80. The van der Waals surface area contributed by atoms with Crippen molar-refractivity contribution in [2.45, 2.75) is 12.8 Å². The molecule has 1 aliphatic rings. The summed E-state index contributed by atoms with van der Waals surface area (Å²) in [5, 5.41) is 0. The van der Waals surface area contributed by atoms with Crippen molar-refractivity contribution < 1.29 is 0 Å². The number of rotatable bonds is 1. The zero-order chi connectivity index (χ0) is 9.97. The van der Waals surface area contributed by atoms with E-state index < -0.39 is 0 Å². The van der Waals surface area contributed by atoms with Crippen molar-refractivity contribution in [1.82, 2.24) is 0 Å². The minimum absolute atomic E-state index is 0.348. The fourth-order valence-corrected chi connectivity index (χ4v) is 2.02. The normalized spacial score (nSPS) is 25.9. The number of hydrogen-bond acceptors (Lipinski definition) is 1. The van der Waals surface area contributed by atoms with Gasteiger partial charge in [-0.3, -0.25) is 0 Å². The molecule has 0 bridgehead atoms. The van der Waals surface area contributed by atoms with E-state index in [2.05, 4.69) is 37.3 Å². The third-order valence-electron chi connectivity index (χ3n) is 2.75. The second-order valence-electron chi connectivity index (χ2n) is 3.80. The topological polar surface area (TPSA) is 26.0 Å². The molecule has 1 aromatic carbocycles. The monoisotopic (exact) mass is 185 g/mol. The fourth-order valence-electron chi connectivity index (χ4n) is 2.02. The van der Waals surface area contributed by atoms with Gasteiger partial charge in [0.2, 0.25) is 0 Å². The smallest absolute Gasteiger partial charge is 0.0295 e. The lowest BCUT2D eigenvalue weighted by Gasteiger charge is -2.25. The van der Waals surface area contributed by atoms with E-state index in [9.17, 15) is 0 Å². The Hall–Kier alpha value is -1.50. The van der Waals surface area contributed by atoms with Crippen LogP contribution in [0.1, 0.15) is 18.4 Å². The first kappa shape index (κ1) is 9.07. The maximum atomic E-state index is 6.01. The molecule has 1 nitrogen and oxygen atoms in total. The van der Waals surface area contributed by atoms with Crippen LogP contribution in [0.25, 0.3) is 0 Å². The van der Waals surface area contributed by atoms with Gasteiger partial charge in [0.05, 0.1) is 0 Å². The summed E-state index contributed by atoms with van der Waals surface area (Å²) in [4.78, 5) is 0. The minimum Gasteiger partial charge on any atom is -0.402 e. The molecule has 0 spiro atoms. The molecule has 0 saturated heterocycles. The van der Waals surface area contributed by atoms with Gasteiger partial charge < -0.3 is 5.73 Å². The van der Waals surface area contributed by atoms with E-state index in [1.807, 2.05) is 18.2 Å². The first-order valence-electron chi connectivity index (χ1n) is 4.98. The number of nitrogens with two attached hydrogens (primary N) is 1. The van der Waals surface area contributed by atoms with Crippen LogP contribution in [0.3, 0.4) is 0 Å². The van der Waals surface area contributed by atoms with Gasteiger partial charge in [-0.25, -0.2) is 0 Å². The van der Waals surface area contributed by atoms with Crippen LogP contribution in [0.2, 0.25) is 0 Å². The van der Waals surface area contributed by atoms with Gasteiger partial charge in [-0.2, -0.15) is 0 Å². The van der Waals surface area contributed by atoms with Crippen molar-refractivity contribution in [3.8, 4) is 0 Å². The summed E-state index contributed by atoms with van der Waals surface area (Å²) in [5.41, 5.74) is 8.28. The Morgan fingerprint density at radius 3 is 2.50 bits per heavy atom. The van der Waals surface area contributed by atoms with Crippen LogP contribution < -0.4 is 5.73 Å². The van der Waals surface area contributed by atoms with E-state index in [1.54, 1.807) is 0 Å². The van der Waals surface area contributed by atoms with Crippen LogP contribution in [0.5, 0.6) is 0 Å². The molecule has 2 unspecified atom stereocenters. The van der Waals surface area contributed by atoms with Crippen molar-refractivity contribution >= 4 is 0 Å². The molecule has 0 heterocycles. The van der Waals surface area contributed by atoms with Gasteiger partial charge >= 0.3 is 0 Å². The molecule has 72 valence electrons. The maximum absolute atomic E-state index is 6.01. The van der Waals surface area contributed by atoms with E-state index in [0.717, 1.165) is 5.70 Å². The Balaban J connectivity index is 2.35. The highest BCUT2D eigenvalue weighted by molar-refractivity contribution is 5.34. The van der Waals surface area contributed by atoms with Crippen LogP contribution in [0.4, 0.5) is 0 Å². The largest absolute Gasteiger partial charge is 0.402 e. The lowest BCUT2D eigenvalue weighted by molar-refractivity contribution is 0.600. The number of allylic oxidation sites excluding steroid dienone is 4. The Bertz CT molecular complexity index is 362. The molecule has 0 amide bonds. The van der Waals surface area contributed by atoms with Crippen molar-refractivity contribution in [2.24, 2.45) is 11.7 Å². The van der Waals surface area contributed by atoms with E-state index in [0.29, 0.717) is 11.8 Å². The van der Waals surface area contributed by atoms with E-state index >= 15 is 0 Å². The van der Waals surface area contributed by atoms with Crippen molar-refractivity contribution in [2.75, 3.05) is 0 Å². The molecule has 14 heavy (non-hydrogen) atoms. The van der Waals surface area contributed by atoms with Crippen LogP contribution in [0, 0.1) is 5.92 Å². The molecular formula is C13H15N. The first-order valence-corrected chi connectivity index (χ1v) is 4.98. The Kier molecular flexibility index (Phi) is 2.40. The summed E-state index contributed by atoms with van der Waals surface area (Å²) in [6, 6.07) is 10.4. The molecule has 0 aliphatic heterocycles. The summed E-state index contributed by atoms with van der Waals surface area (Å²) in [5.74, 6) is 0.837. The Morgan fingerprint density at radius 1 is 1.14 bits per heavy atom. The maximum Gasteiger partial charge on any atom is 0.0295 e. The minimum atomic E-state index is 0.348. The highest BCUT2D eigenvalue weighted by atomic mass is 14.6. The number of hydrogen-bond donors (Lipinski definition) is 1. The average Bonchev–Trinajstić information content (AvgIpc) is 2.19. The third kappa shape index (κ3) is 1.58. The van der Waals surface area contributed by atoms with Gasteiger partial charge in [0, 0.05) is 11.6 Å². The number of benzene rings is 1. The summed E-state index contributed by atoms with van der Waals surface area (Å²) >= 11 is 0. The molecule has 2 N–H and O–H groups in total. The molecule has 0 fully saturated rings. The molecule has 1 heteroatoms. The van der Waals surface area contributed by atoms with Gasteiger partial charge in [-0.1, -0.05) is 49.4 Å². The summed E-state index contributed by atoms with van der Waals surface area (Å²) < 4.78 is 0. The Morgan fingerprint density at radius 2 is 1.86 bits per heavy atom. The highest BCUT2D eigenvalue weighted by Gasteiger charge is 2.21. The van der Waals surface area contributed by atoms with Gasteiger partial charge in [0.25, 0.3) is 0 Å². The second kappa shape index (κ2) is 3.70. The SMILES string of the molecule is CC1C=CC=C(N)C1c1ccccc1. The van der Waals surface area contributed by atoms with Crippen molar-refractivity contribution in [1.29, 1.82) is 0 Å². The lowest BCUT2D eigenvalue weighted by Crippen LogP contribution is -2.18. The molecular weight excluding hydrogens is 170 g/mol. The van der Waals surface area contributed by atoms with Gasteiger partial charge in [0.15, 0.2) is 0 Å². The molecule has 0 saturated carbocycles.